The number of ether oxygens (including phenoxy) is 1. The number of benzene rings is 2. The largest absolute Gasteiger partial charge is 0.457 e. The van der Waals surface area contributed by atoms with Gasteiger partial charge < -0.3 is 19.9 Å². The van der Waals surface area contributed by atoms with Crippen LogP contribution in [0.15, 0.2) is 83.5 Å². The van der Waals surface area contributed by atoms with Gasteiger partial charge in [0.15, 0.2) is 5.82 Å². The Morgan fingerprint density at radius 3 is 2.31 bits per heavy atom. The van der Waals surface area contributed by atoms with Crippen molar-refractivity contribution in [1.29, 1.82) is 0 Å². The Labute approximate surface area is 167 Å². The highest BCUT2D eigenvalue weighted by atomic mass is 16.5. The lowest BCUT2D eigenvalue weighted by molar-refractivity contribution is 0.102. The normalized spacial score (nSPS) is 10.4. The lowest BCUT2D eigenvalue weighted by Crippen LogP contribution is -2.13. The number of carbonyl (C=O) groups excluding carboxylic acids is 1. The molecule has 2 aromatic carbocycles. The third kappa shape index (κ3) is 4.78. The lowest BCUT2D eigenvalue weighted by atomic mass is 10.2. The minimum Gasteiger partial charge on any atom is -0.457 e. The number of hydrogen-bond acceptors (Lipinski definition) is 6. The zero-order valence-electron chi connectivity index (χ0n) is 15.6. The summed E-state index contributed by atoms with van der Waals surface area (Å²) in [7, 11) is 0. The first kappa shape index (κ1) is 18.2. The molecular formula is C22H18N4O3. The van der Waals surface area contributed by atoms with Crippen LogP contribution in [0.1, 0.15) is 16.2 Å². The molecule has 0 atom stereocenters. The summed E-state index contributed by atoms with van der Waals surface area (Å²) in [4.78, 5) is 16.6. The average Bonchev–Trinajstić information content (AvgIpc) is 3.15. The van der Waals surface area contributed by atoms with Gasteiger partial charge in [0.1, 0.15) is 23.0 Å². The van der Waals surface area contributed by atoms with Gasteiger partial charge in [0.05, 0.1) is 11.9 Å². The summed E-state index contributed by atoms with van der Waals surface area (Å²) < 4.78 is 10.7. The Morgan fingerprint density at radius 1 is 0.931 bits per heavy atom. The van der Waals surface area contributed by atoms with Crippen LogP contribution in [0.2, 0.25) is 0 Å². The molecule has 7 nitrogen and oxygen atoms in total. The standard InChI is InChI=1S/C22H18N4O3/c1-15-13-21(26-29-15)24-17-9-12-20(23-14-17)22(27)25-16-7-10-19(11-8-16)28-18-5-3-2-4-6-18/h2-14H,1H3,(H,24,26)(H,25,27). The number of nitrogens with zero attached hydrogens (tertiary/aromatic N) is 2. The zero-order valence-corrected chi connectivity index (χ0v) is 15.6. The minimum atomic E-state index is -0.300. The third-order valence-corrected chi connectivity index (χ3v) is 3.99. The van der Waals surface area contributed by atoms with E-state index in [1.54, 1.807) is 48.7 Å². The van der Waals surface area contributed by atoms with E-state index in [1.807, 2.05) is 37.3 Å². The van der Waals surface area contributed by atoms with E-state index in [0.717, 1.165) is 5.75 Å². The van der Waals surface area contributed by atoms with E-state index in [4.69, 9.17) is 9.26 Å². The molecule has 4 aromatic rings. The Bertz CT molecular complexity index is 1090. The van der Waals surface area contributed by atoms with E-state index in [9.17, 15) is 4.79 Å². The molecule has 0 aliphatic carbocycles. The zero-order chi connectivity index (χ0) is 20.1. The molecule has 4 rings (SSSR count). The number of amides is 1. The number of rotatable bonds is 6. The molecule has 0 saturated carbocycles. The number of nitrogens with one attached hydrogen (secondary N) is 2. The van der Waals surface area contributed by atoms with Gasteiger partial charge in [-0.05, 0) is 55.5 Å². The number of aryl methyl sites for hydroxylation is 1. The summed E-state index contributed by atoms with van der Waals surface area (Å²) >= 11 is 0. The summed E-state index contributed by atoms with van der Waals surface area (Å²) in [5.41, 5.74) is 1.66. The Hall–Kier alpha value is -4.13. The van der Waals surface area contributed by atoms with E-state index in [1.165, 1.54) is 0 Å². The van der Waals surface area contributed by atoms with Crippen LogP contribution in [0.5, 0.6) is 11.5 Å². The lowest BCUT2D eigenvalue weighted by Gasteiger charge is -2.08. The van der Waals surface area contributed by atoms with E-state index in [2.05, 4.69) is 20.8 Å². The maximum Gasteiger partial charge on any atom is 0.274 e. The van der Waals surface area contributed by atoms with Gasteiger partial charge in [-0.2, -0.15) is 0 Å². The topological polar surface area (TPSA) is 89.3 Å². The molecule has 0 saturated heterocycles. The molecule has 0 bridgehead atoms. The van der Waals surface area contributed by atoms with E-state index >= 15 is 0 Å². The second kappa shape index (κ2) is 8.26. The van der Waals surface area contributed by atoms with E-state index in [0.29, 0.717) is 34.4 Å². The summed E-state index contributed by atoms with van der Waals surface area (Å²) in [5, 5.41) is 9.73. The highest BCUT2D eigenvalue weighted by Gasteiger charge is 2.09. The maximum absolute atomic E-state index is 12.4. The van der Waals surface area contributed by atoms with Crippen LogP contribution in [-0.4, -0.2) is 16.0 Å². The van der Waals surface area contributed by atoms with Crippen molar-refractivity contribution in [3.63, 3.8) is 0 Å². The Morgan fingerprint density at radius 2 is 1.66 bits per heavy atom. The molecule has 0 fully saturated rings. The van der Waals surface area contributed by atoms with Gasteiger partial charge in [0.2, 0.25) is 0 Å². The van der Waals surface area contributed by atoms with Crippen molar-refractivity contribution in [2.24, 2.45) is 0 Å². The van der Waals surface area contributed by atoms with Crippen LogP contribution in [-0.2, 0) is 0 Å². The van der Waals surface area contributed by atoms with Crippen molar-refractivity contribution in [2.75, 3.05) is 10.6 Å². The first-order valence-corrected chi connectivity index (χ1v) is 8.96. The predicted molar refractivity (Wildman–Crippen MR) is 110 cm³/mol. The third-order valence-electron chi connectivity index (χ3n) is 3.99. The Kier molecular flexibility index (Phi) is 5.20. The monoisotopic (exact) mass is 386 g/mol. The van der Waals surface area contributed by atoms with Crippen LogP contribution in [0.4, 0.5) is 17.2 Å². The van der Waals surface area contributed by atoms with Gasteiger partial charge in [-0.25, -0.2) is 4.98 Å². The van der Waals surface area contributed by atoms with Crippen molar-refractivity contribution < 1.29 is 14.1 Å². The SMILES string of the molecule is Cc1cc(Nc2ccc(C(=O)Nc3ccc(Oc4ccccc4)cc3)nc2)no1. The van der Waals surface area contributed by atoms with Crippen LogP contribution < -0.4 is 15.4 Å². The summed E-state index contributed by atoms with van der Waals surface area (Å²) in [6.07, 6.45) is 1.57. The van der Waals surface area contributed by atoms with Crippen molar-refractivity contribution in [3.8, 4) is 11.5 Å². The molecule has 0 aliphatic rings. The van der Waals surface area contributed by atoms with Crippen molar-refractivity contribution in [1.82, 2.24) is 10.1 Å². The molecule has 0 unspecified atom stereocenters. The van der Waals surface area contributed by atoms with Gasteiger partial charge in [-0.1, -0.05) is 23.4 Å². The van der Waals surface area contributed by atoms with Crippen LogP contribution in [0.25, 0.3) is 0 Å². The second-order valence-electron chi connectivity index (χ2n) is 6.27. The molecule has 2 heterocycles. The van der Waals surface area contributed by atoms with E-state index < -0.39 is 0 Å². The molecule has 1 amide bonds. The Balaban J connectivity index is 1.36. The van der Waals surface area contributed by atoms with Gasteiger partial charge in [-0.3, -0.25) is 4.79 Å². The maximum atomic E-state index is 12.4. The van der Waals surface area contributed by atoms with E-state index in [-0.39, 0.29) is 5.91 Å². The van der Waals surface area contributed by atoms with Crippen LogP contribution in [0.3, 0.4) is 0 Å². The average molecular weight is 386 g/mol. The number of para-hydroxylation sites is 1. The van der Waals surface area contributed by atoms with Gasteiger partial charge in [0, 0.05) is 11.8 Å². The number of hydrogen-bond donors (Lipinski definition) is 2. The van der Waals surface area contributed by atoms with Gasteiger partial charge in [0.25, 0.3) is 5.91 Å². The number of carbonyl (C=O) groups is 1. The first-order chi connectivity index (χ1) is 14.2. The van der Waals surface area contributed by atoms with Gasteiger partial charge >= 0.3 is 0 Å². The number of anilines is 3. The second-order valence-corrected chi connectivity index (χ2v) is 6.27. The summed E-state index contributed by atoms with van der Waals surface area (Å²) in [5.74, 6) is 2.43. The fourth-order valence-electron chi connectivity index (χ4n) is 2.60. The molecular weight excluding hydrogens is 368 g/mol. The van der Waals surface area contributed by atoms with Crippen LogP contribution >= 0.6 is 0 Å². The first-order valence-electron chi connectivity index (χ1n) is 8.96. The quantitative estimate of drug-likeness (QED) is 0.475. The van der Waals surface area contributed by atoms with Crippen molar-refractivity contribution in [3.05, 3.63) is 90.4 Å². The fraction of sp³-hybridized carbons (Fsp3) is 0.0455. The smallest absolute Gasteiger partial charge is 0.274 e. The molecule has 0 aliphatic heterocycles. The predicted octanol–water partition coefficient (Wildman–Crippen LogP) is 5.17. The molecule has 144 valence electrons. The summed E-state index contributed by atoms with van der Waals surface area (Å²) in [6.45, 7) is 1.81. The number of pyridine rings is 1. The molecule has 0 spiro atoms. The van der Waals surface area contributed by atoms with Gasteiger partial charge in [-0.15, -0.1) is 0 Å². The minimum absolute atomic E-state index is 0.300. The fourth-order valence-corrected chi connectivity index (χ4v) is 2.60. The molecule has 2 aromatic heterocycles. The molecule has 0 radical (unpaired) electrons. The van der Waals surface area contributed by atoms with Crippen molar-refractivity contribution >= 4 is 23.1 Å². The highest BCUT2D eigenvalue weighted by molar-refractivity contribution is 6.03. The number of aromatic nitrogens is 2. The molecule has 29 heavy (non-hydrogen) atoms. The van der Waals surface area contributed by atoms with Crippen molar-refractivity contribution in [2.45, 2.75) is 6.92 Å². The van der Waals surface area contributed by atoms with Crippen LogP contribution in [0, 0.1) is 6.92 Å². The summed E-state index contributed by atoms with van der Waals surface area (Å²) in [6, 6.07) is 21.8. The molecule has 2 N–H and O–H groups in total. The highest BCUT2D eigenvalue weighted by Crippen LogP contribution is 2.23. The molecule has 7 heteroatoms.